The van der Waals surface area contributed by atoms with Crippen molar-refractivity contribution in [3.8, 4) is 0 Å². The van der Waals surface area contributed by atoms with Crippen LogP contribution in [0.2, 0.25) is 0 Å². The molecule has 0 aromatic heterocycles. The molecule has 1 saturated carbocycles. The van der Waals surface area contributed by atoms with E-state index in [1.807, 2.05) is 0 Å². The monoisotopic (exact) mass is 288 g/mol. The zero-order valence-electron chi connectivity index (χ0n) is 11.0. The Labute approximate surface area is 118 Å². The molecule has 0 radical (unpaired) electrons. The number of carbonyl (C=O) groups is 2. The summed E-state index contributed by atoms with van der Waals surface area (Å²) in [5.74, 6) is -2.89. The van der Waals surface area contributed by atoms with Crippen molar-refractivity contribution in [2.24, 2.45) is 11.3 Å². The van der Waals surface area contributed by atoms with Gasteiger partial charge in [-0.3, -0.25) is 9.59 Å². The molecule has 0 saturated heterocycles. The number of hydrogen-bond donors (Lipinski definition) is 3. The number of ether oxygens (including phenoxy) is 1. The van der Waals surface area contributed by atoms with E-state index in [0.717, 1.165) is 12.8 Å². The van der Waals surface area contributed by atoms with Gasteiger partial charge in [-0.05, 0) is 26.2 Å². The van der Waals surface area contributed by atoms with Crippen molar-refractivity contribution in [2.45, 2.75) is 39.0 Å². The molecule has 1 fully saturated rings. The Hall–Kier alpha value is -1.17. The second-order valence-electron chi connectivity index (χ2n) is 4.98. The third kappa shape index (κ3) is 3.89. The van der Waals surface area contributed by atoms with Gasteiger partial charge in [-0.25, -0.2) is 0 Å². The van der Waals surface area contributed by atoms with Crippen LogP contribution in [-0.4, -0.2) is 28.8 Å². The first-order valence-electron chi connectivity index (χ1n) is 6.33. The van der Waals surface area contributed by atoms with Gasteiger partial charge in [0.25, 0.3) is 0 Å². The Balaban J connectivity index is 2.79. The molecule has 19 heavy (non-hydrogen) atoms. The van der Waals surface area contributed by atoms with Gasteiger partial charge < -0.3 is 14.9 Å². The standard InChI is InChI=1S/C13H20O5S/c1-9(19)8-18-7-6-13(12(16)17)5-3-2-4-10(13)11(14)15/h8,10,19H,2-7H2,1H3,(H,14,15)(H,16,17). The number of carboxylic acids is 2. The van der Waals surface area contributed by atoms with Crippen LogP contribution in [0.25, 0.3) is 0 Å². The average molecular weight is 288 g/mol. The molecule has 6 heteroatoms. The molecule has 1 aliphatic carbocycles. The van der Waals surface area contributed by atoms with E-state index in [4.69, 9.17) is 4.74 Å². The van der Waals surface area contributed by atoms with E-state index < -0.39 is 23.3 Å². The molecule has 108 valence electrons. The number of thiol groups is 1. The van der Waals surface area contributed by atoms with Crippen LogP contribution in [0.1, 0.15) is 39.0 Å². The summed E-state index contributed by atoms with van der Waals surface area (Å²) in [6.07, 6.45) is 3.98. The number of aliphatic carboxylic acids is 2. The third-order valence-corrected chi connectivity index (χ3v) is 3.78. The third-order valence-electron chi connectivity index (χ3n) is 3.68. The van der Waals surface area contributed by atoms with E-state index in [-0.39, 0.29) is 13.0 Å². The Morgan fingerprint density at radius 1 is 1.42 bits per heavy atom. The smallest absolute Gasteiger partial charge is 0.310 e. The highest BCUT2D eigenvalue weighted by atomic mass is 32.1. The molecule has 1 rings (SSSR count). The fourth-order valence-electron chi connectivity index (χ4n) is 2.68. The van der Waals surface area contributed by atoms with Crippen molar-refractivity contribution in [1.29, 1.82) is 0 Å². The molecular weight excluding hydrogens is 268 g/mol. The molecule has 0 aromatic rings. The van der Waals surface area contributed by atoms with E-state index in [1.54, 1.807) is 6.92 Å². The molecule has 2 atom stereocenters. The van der Waals surface area contributed by atoms with Crippen LogP contribution in [-0.2, 0) is 14.3 Å². The van der Waals surface area contributed by atoms with Gasteiger partial charge >= 0.3 is 11.9 Å². The fourth-order valence-corrected chi connectivity index (χ4v) is 2.76. The SMILES string of the molecule is CC(S)=COCCC1(C(=O)O)CCCCC1C(=O)O. The summed E-state index contributed by atoms with van der Waals surface area (Å²) in [6, 6.07) is 0. The molecule has 0 heterocycles. The van der Waals surface area contributed by atoms with Gasteiger partial charge in [-0.2, -0.15) is 0 Å². The summed E-state index contributed by atoms with van der Waals surface area (Å²) in [5.41, 5.74) is -1.21. The van der Waals surface area contributed by atoms with Gasteiger partial charge in [0.2, 0.25) is 0 Å². The molecule has 5 nitrogen and oxygen atoms in total. The zero-order valence-corrected chi connectivity index (χ0v) is 11.9. The summed E-state index contributed by atoms with van der Waals surface area (Å²) in [7, 11) is 0. The fraction of sp³-hybridized carbons (Fsp3) is 0.692. The summed E-state index contributed by atoms with van der Waals surface area (Å²) in [6.45, 7) is 1.94. The highest BCUT2D eigenvalue weighted by Gasteiger charge is 2.50. The normalized spacial score (nSPS) is 27.9. The summed E-state index contributed by atoms with van der Waals surface area (Å²) in [4.78, 5) is 23.5. The maximum Gasteiger partial charge on any atom is 0.310 e. The number of hydrogen-bond acceptors (Lipinski definition) is 4. The minimum Gasteiger partial charge on any atom is -0.500 e. The lowest BCUT2D eigenvalue weighted by molar-refractivity contribution is -0.167. The summed E-state index contributed by atoms with van der Waals surface area (Å²) in [5, 5.41) is 18.7. The second kappa shape index (κ2) is 6.84. The lowest BCUT2D eigenvalue weighted by Gasteiger charge is -2.38. The molecule has 0 spiro atoms. The summed E-state index contributed by atoms with van der Waals surface area (Å²) < 4.78 is 5.21. The molecule has 2 N–H and O–H groups in total. The van der Waals surface area contributed by atoms with Crippen molar-refractivity contribution < 1.29 is 24.5 Å². The van der Waals surface area contributed by atoms with Crippen molar-refractivity contribution in [1.82, 2.24) is 0 Å². The largest absolute Gasteiger partial charge is 0.500 e. The van der Waals surface area contributed by atoms with Crippen LogP contribution in [0.4, 0.5) is 0 Å². The Bertz CT molecular complexity index is 375. The van der Waals surface area contributed by atoms with Crippen LogP contribution >= 0.6 is 12.6 Å². The molecular formula is C13H20O5S. The van der Waals surface area contributed by atoms with Gasteiger partial charge in [-0.15, -0.1) is 12.6 Å². The Morgan fingerprint density at radius 3 is 2.63 bits per heavy atom. The quantitative estimate of drug-likeness (QED) is 0.397. The van der Waals surface area contributed by atoms with E-state index >= 15 is 0 Å². The second-order valence-corrected chi connectivity index (χ2v) is 5.68. The average Bonchev–Trinajstić information content (AvgIpc) is 2.34. The van der Waals surface area contributed by atoms with Crippen LogP contribution in [0.15, 0.2) is 11.2 Å². The van der Waals surface area contributed by atoms with E-state index in [0.29, 0.717) is 17.7 Å². The van der Waals surface area contributed by atoms with E-state index in [1.165, 1.54) is 6.26 Å². The number of carboxylic acid groups (broad SMARTS) is 2. The predicted octanol–water partition coefficient (Wildman–Crippen LogP) is 2.53. The van der Waals surface area contributed by atoms with Crippen LogP contribution in [0, 0.1) is 11.3 Å². The maximum absolute atomic E-state index is 11.6. The minimum atomic E-state index is -1.21. The van der Waals surface area contributed by atoms with E-state index in [2.05, 4.69) is 12.6 Å². The van der Waals surface area contributed by atoms with Gasteiger partial charge in [0.1, 0.15) is 0 Å². The van der Waals surface area contributed by atoms with Crippen molar-refractivity contribution in [3.05, 3.63) is 11.2 Å². The highest BCUT2D eigenvalue weighted by molar-refractivity contribution is 7.84. The zero-order chi connectivity index (χ0) is 14.5. The highest BCUT2D eigenvalue weighted by Crippen LogP contribution is 2.44. The first-order valence-corrected chi connectivity index (χ1v) is 6.78. The maximum atomic E-state index is 11.6. The Kier molecular flexibility index (Phi) is 5.72. The van der Waals surface area contributed by atoms with Crippen molar-refractivity contribution in [2.75, 3.05) is 6.61 Å². The minimum absolute atomic E-state index is 0.188. The predicted molar refractivity (Wildman–Crippen MR) is 73.0 cm³/mol. The molecule has 1 aliphatic rings. The topological polar surface area (TPSA) is 83.8 Å². The van der Waals surface area contributed by atoms with Gasteiger partial charge in [-0.1, -0.05) is 12.8 Å². The van der Waals surface area contributed by atoms with Gasteiger partial charge in [0, 0.05) is 4.91 Å². The van der Waals surface area contributed by atoms with Gasteiger partial charge in [0.15, 0.2) is 0 Å². The van der Waals surface area contributed by atoms with Crippen LogP contribution in [0.3, 0.4) is 0 Å². The molecule has 0 amide bonds. The molecule has 0 aliphatic heterocycles. The molecule has 2 unspecified atom stereocenters. The summed E-state index contributed by atoms with van der Waals surface area (Å²) >= 11 is 4.04. The van der Waals surface area contributed by atoms with Crippen molar-refractivity contribution in [3.63, 3.8) is 0 Å². The van der Waals surface area contributed by atoms with Gasteiger partial charge in [0.05, 0.1) is 24.2 Å². The van der Waals surface area contributed by atoms with Crippen LogP contribution < -0.4 is 0 Å². The number of allylic oxidation sites excluding steroid dienone is 1. The van der Waals surface area contributed by atoms with Crippen molar-refractivity contribution >= 4 is 24.6 Å². The van der Waals surface area contributed by atoms with Crippen LogP contribution in [0.5, 0.6) is 0 Å². The first kappa shape index (κ1) is 15.9. The number of rotatable bonds is 6. The lowest BCUT2D eigenvalue weighted by Crippen LogP contribution is -2.45. The van der Waals surface area contributed by atoms with E-state index in [9.17, 15) is 19.8 Å². The Morgan fingerprint density at radius 2 is 2.11 bits per heavy atom. The molecule has 0 bridgehead atoms. The first-order chi connectivity index (χ1) is 8.90. The lowest BCUT2D eigenvalue weighted by atomic mass is 9.64. The molecule has 0 aromatic carbocycles.